The quantitative estimate of drug-likeness (QED) is 0.0222. The molecule has 0 aliphatic carbocycles. The van der Waals surface area contributed by atoms with Crippen LogP contribution in [-0.2, 0) is 65.4 Å². The molecule has 0 amide bonds. The van der Waals surface area contributed by atoms with E-state index in [1.165, 1.54) is 225 Å². The van der Waals surface area contributed by atoms with Gasteiger partial charge in [0.15, 0.2) is 12.2 Å². The van der Waals surface area contributed by atoms with Gasteiger partial charge in [0.25, 0.3) is 0 Å². The number of rotatable bonds is 77. The predicted molar refractivity (Wildman–Crippen MR) is 395 cm³/mol. The lowest BCUT2D eigenvalue weighted by Crippen LogP contribution is -2.30. The number of phosphoric ester groups is 2. The summed E-state index contributed by atoms with van der Waals surface area (Å²) in [7, 11) is -9.91. The number of aliphatic hydroxyl groups is 1. The van der Waals surface area contributed by atoms with Crippen molar-refractivity contribution in [3.8, 4) is 0 Å². The molecule has 0 aromatic rings. The fraction of sp³-hybridized carbons (Fsp3) is 0.949. The number of esters is 4. The van der Waals surface area contributed by atoms with Crippen molar-refractivity contribution in [2.24, 2.45) is 11.8 Å². The van der Waals surface area contributed by atoms with Crippen LogP contribution in [0.15, 0.2) is 0 Å². The fourth-order valence-corrected chi connectivity index (χ4v) is 13.6. The van der Waals surface area contributed by atoms with Crippen LogP contribution in [0.2, 0.25) is 0 Å². The third kappa shape index (κ3) is 72.2. The zero-order chi connectivity index (χ0) is 71.4. The molecule has 0 saturated carbocycles. The summed E-state index contributed by atoms with van der Waals surface area (Å²) >= 11 is 0. The van der Waals surface area contributed by atoms with Crippen molar-refractivity contribution < 1.29 is 80.2 Å². The molecular weight excluding hydrogens is 1270 g/mol. The second-order valence-corrected chi connectivity index (χ2v) is 32.0. The van der Waals surface area contributed by atoms with Gasteiger partial charge in [0, 0.05) is 25.7 Å². The summed E-state index contributed by atoms with van der Waals surface area (Å²) in [6.45, 7) is 9.64. The Kier molecular flexibility index (Phi) is 68.4. The standard InChI is InChI=1S/C78H152O17P2/c1-7-9-11-13-15-17-19-25-30-38-44-50-56-62-77(82)94-73(66-88-75(80)60-54-48-42-36-29-20-18-16-14-12-10-8-2)68-92-96(84,85)90-64-72(79)65-91-97(86,87)93-69-74(67-89-76(81)61-55-49-43-37-33-32-35-41-47-53-59-71(5)6)95-78(83)63-57-51-45-39-31-27-24-22-21-23-26-28-34-40-46-52-58-70(3)4/h70-74,79H,7-69H2,1-6H3,(H,84,85)(H,86,87)/t72-,73+,74+/m0/s1. The van der Waals surface area contributed by atoms with E-state index in [0.717, 1.165) is 102 Å². The van der Waals surface area contributed by atoms with Crippen LogP contribution in [0, 0.1) is 11.8 Å². The topological polar surface area (TPSA) is 237 Å². The van der Waals surface area contributed by atoms with Crippen LogP contribution in [0.4, 0.5) is 0 Å². The van der Waals surface area contributed by atoms with Crippen molar-refractivity contribution in [1.29, 1.82) is 0 Å². The van der Waals surface area contributed by atoms with E-state index in [0.29, 0.717) is 25.7 Å². The minimum atomic E-state index is -4.96. The molecule has 0 bridgehead atoms. The highest BCUT2D eigenvalue weighted by atomic mass is 31.2. The molecule has 0 saturated heterocycles. The van der Waals surface area contributed by atoms with E-state index in [9.17, 15) is 43.2 Å². The summed E-state index contributed by atoms with van der Waals surface area (Å²) in [6.07, 6.45) is 58.1. The van der Waals surface area contributed by atoms with Crippen LogP contribution in [0.1, 0.15) is 408 Å². The van der Waals surface area contributed by atoms with E-state index in [1.54, 1.807) is 0 Å². The molecule has 0 aromatic carbocycles. The molecular formula is C78H152O17P2. The summed E-state index contributed by atoms with van der Waals surface area (Å²) in [5.41, 5.74) is 0. The Hall–Kier alpha value is -1.94. The van der Waals surface area contributed by atoms with Gasteiger partial charge in [0.05, 0.1) is 26.4 Å². The van der Waals surface area contributed by atoms with E-state index >= 15 is 0 Å². The molecule has 0 aliphatic rings. The maximum Gasteiger partial charge on any atom is 0.472 e. The van der Waals surface area contributed by atoms with Crippen LogP contribution >= 0.6 is 15.6 Å². The third-order valence-corrected chi connectivity index (χ3v) is 20.1. The van der Waals surface area contributed by atoms with Gasteiger partial charge in [-0.1, -0.05) is 356 Å². The van der Waals surface area contributed by atoms with Crippen LogP contribution in [0.3, 0.4) is 0 Å². The number of carbonyl (C=O) groups excluding carboxylic acids is 4. The number of ether oxygens (including phenoxy) is 4. The Labute approximate surface area is 594 Å². The molecule has 0 rings (SSSR count). The third-order valence-electron chi connectivity index (χ3n) is 18.2. The minimum absolute atomic E-state index is 0.108. The van der Waals surface area contributed by atoms with E-state index in [1.807, 2.05) is 0 Å². The van der Waals surface area contributed by atoms with Gasteiger partial charge in [-0.15, -0.1) is 0 Å². The molecule has 17 nitrogen and oxygen atoms in total. The predicted octanol–water partition coefficient (Wildman–Crippen LogP) is 23.1. The summed E-state index contributed by atoms with van der Waals surface area (Å²) in [5, 5.41) is 10.6. The van der Waals surface area contributed by atoms with Crippen molar-refractivity contribution in [2.45, 2.75) is 426 Å². The van der Waals surface area contributed by atoms with Gasteiger partial charge < -0.3 is 33.8 Å². The molecule has 0 aliphatic heterocycles. The number of aliphatic hydroxyl groups excluding tert-OH is 1. The first-order valence-corrected chi connectivity index (χ1v) is 43.5. The molecule has 0 aromatic heterocycles. The van der Waals surface area contributed by atoms with Crippen LogP contribution in [-0.4, -0.2) is 96.7 Å². The second-order valence-electron chi connectivity index (χ2n) is 29.1. The SMILES string of the molecule is CCCCCCCCCCCCCCCC(=O)O[C@H](COC(=O)CCCCCCCCCCCCCC)COP(=O)(O)OC[C@H](O)COP(=O)(O)OC[C@@H](COC(=O)CCCCCCCCCCCCC(C)C)OC(=O)CCCCCCCCCCCCCCCCCCC(C)C. The fourth-order valence-electron chi connectivity index (χ4n) is 12.0. The van der Waals surface area contributed by atoms with Gasteiger partial charge in [0.1, 0.15) is 19.3 Å². The van der Waals surface area contributed by atoms with Gasteiger partial charge in [-0.2, -0.15) is 0 Å². The zero-order valence-electron chi connectivity index (χ0n) is 63.4. The first-order chi connectivity index (χ1) is 46.9. The summed E-state index contributed by atoms with van der Waals surface area (Å²) in [4.78, 5) is 72.9. The number of hydrogen-bond acceptors (Lipinski definition) is 15. The van der Waals surface area contributed by atoms with Gasteiger partial charge >= 0.3 is 39.5 Å². The Morgan fingerprint density at radius 2 is 0.474 bits per heavy atom. The smallest absolute Gasteiger partial charge is 0.462 e. The second kappa shape index (κ2) is 69.8. The highest BCUT2D eigenvalue weighted by molar-refractivity contribution is 7.47. The van der Waals surface area contributed by atoms with Crippen LogP contribution in [0.25, 0.3) is 0 Å². The maximum atomic E-state index is 13.1. The Morgan fingerprint density at radius 3 is 0.701 bits per heavy atom. The molecule has 0 spiro atoms. The summed E-state index contributed by atoms with van der Waals surface area (Å²) in [6, 6.07) is 0. The largest absolute Gasteiger partial charge is 0.472 e. The zero-order valence-corrected chi connectivity index (χ0v) is 65.2. The average molecular weight is 1420 g/mol. The lowest BCUT2D eigenvalue weighted by Gasteiger charge is -2.21. The lowest BCUT2D eigenvalue weighted by molar-refractivity contribution is -0.161. The molecule has 5 atom stereocenters. The maximum absolute atomic E-state index is 13.1. The Bertz CT molecular complexity index is 1870. The van der Waals surface area contributed by atoms with Crippen molar-refractivity contribution in [3.05, 3.63) is 0 Å². The molecule has 0 heterocycles. The summed E-state index contributed by atoms with van der Waals surface area (Å²) in [5.74, 6) is -0.542. The number of hydrogen-bond donors (Lipinski definition) is 3. The molecule has 576 valence electrons. The molecule has 97 heavy (non-hydrogen) atoms. The monoisotopic (exact) mass is 1420 g/mol. The molecule has 0 radical (unpaired) electrons. The number of phosphoric acid groups is 2. The lowest BCUT2D eigenvalue weighted by atomic mass is 10.0. The number of unbranched alkanes of at least 4 members (excludes halogenated alkanes) is 47. The van der Waals surface area contributed by atoms with E-state index in [2.05, 4.69) is 41.5 Å². The van der Waals surface area contributed by atoms with Crippen molar-refractivity contribution >= 4 is 39.5 Å². The number of carbonyl (C=O) groups is 4. The highest BCUT2D eigenvalue weighted by Crippen LogP contribution is 2.45. The van der Waals surface area contributed by atoms with Crippen LogP contribution in [0.5, 0.6) is 0 Å². The van der Waals surface area contributed by atoms with Gasteiger partial charge in [-0.05, 0) is 37.5 Å². The van der Waals surface area contributed by atoms with E-state index < -0.39 is 97.5 Å². The highest BCUT2D eigenvalue weighted by Gasteiger charge is 2.30. The first-order valence-electron chi connectivity index (χ1n) is 40.5. The van der Waals surface area contributed by atoms with Gasteiger partial charge in [0.2, 0.25) is 0 Å². The average Bonchev–Trinajstić information content (AvgIpc) is 1.01. The van der Waals surface area contributed by atoms with Crippen LogP contribution < -0.4 is 0 Å². The minimum Gasteiger partial charge on any atom is -0.462 e. The molecule has 2 unspecified atom stereocenters. The summed E-state index contributed by atoms with van der Waals surface area (Å²) < 4.78 is 68.6. The first kappa shape index (κ1) is 95.1. The van der Waals surface area contributed by atoms with Crippen molar-refractivity contribution in [3.63, 3.8) is 0 Å². The Balaban J connectivity index is 5.24. The molecule has 19 heteroatoms. The van der Waals surface area contributed by atoms with Gasteiger partial charge in [-0.3, -0.25) is 37.3 Å². The Morgan fingerprint density at radius 1 is 0.278 bits per heavy atom. The normalized spacial score (nSPS) is 14.0. The van der Waals surface area contributed by atoms with E-state index in [4.69, 9.17) is 37.0 Å². The molecule has 0 fully saturated rings. The van der Waals surface area contributed by atoms with E-state index in [-0.39, 0.29) is 25.7 Å². The molecule has 3 N–H and O–H groups in total. The van der Waals surface area contributed by atoms with Crippen molar-refractivity contribution in [1.82, 2.24) is 0 Å². The van der Waals surface area contributed by atoms with Crippen molar-refractivity contribution in [2.75, 3.05) is 39.6 Å². The van der Waals surface area contributed by atoms with Gasteiger partial charge in [-0.25, -0.2) is 9.13 Å².